The minimum Gasteiger partial charge on any atom is -0.423 e. The van der Waals surface area contributed by atoms with Gasteiger partial charge in [0.25, 0.3) is 0 Å². The molecule has 0 saturated heterocycles. The second-order valence-electron chi connectivity index (χ2n) is 4.44. The zero-order chi connectivity index (χ0) is 11.1. The van der Waals surface area contributed by atoms with Gasteiger partial charge >= 0.3 is 7.12 Å². The zero-order valence-electron chi connectivity index (χ0n) is 8.93. The first-order valence-electron chi connectivity index (χ1n) is 5.65. The van der Waals surface area contributed by atoms with Crippen LogP contribution in [0.5, 0.6) is 0 Å². The summed E-state index contributed by atoms with van der Waals surface area (Å²) in [6.45, 7) is 0. The van der Waals surface area contributed by atoms with Crippen LogP contribution in [-0.4, -0.2) is 17.2 Å². The molecule has 1 aliphatic carbocycles. The third kappa shape index (κ3) is 1.53. The largest absolute Gasteiger partial charge is 0.489 e. The van der Waals surface area contributed by atoms with E-state index in [-0.39, 0.29) is 0 Å². The maximum Gasteiger partial charge on any atom is 0.489 e. The van der Waals surface area contributed by atoms with E-state index in [1.807, 2.05) is 30.3 Å². The van der Waals surface area contributed by atoms with Crippen molar-refractivity contribution in [2.75, 3.05) is 0 Å². The molecule has 1 fully saturated rings. The van der Waals surface area contributed by atoms with E-state index >= 15 is 0 Å². The maximum atomic E-state index is 9.53. The molecule has 0 heterocycles. The lowest BCUT2D eigenvalue weighted by molar-refractivity contribution is 0.426. The summed E-state index contributed by atoms with van der Waals surface area (Å²) in [6.07, 6.45) is 2.33. The van der Waals surface area contributed by atoms with Crippen molar-refractivity contribution in [3.8, 4) is 0 Å². The molecule has 0 aromatic heterocycles. The highest BCUT2D eigenvalue weighted by molar-refractivity contribution is 6.62. The standard InChI is InChI=1S/C13H13BO2/c15-14(16)13-11-4-2-1-3-9(11)7-8-12(13)10-5-6-10/h1-4,7-8,10,15-16H,5-6H2. The van der Waals surface area contributed by atoms with Gasteiger partial charge < -0.3 is 10.0 Å². The molecule has 0 spiro atoms. The van der Waals surface area contributed by atoms with Gasteiger partial charge in [0, 0.05) is 0 Å². The van der Waals surface area contributed by atoms with Crippen LogP contribution in [0.4, 0.5) is 0 Å². The van der Waals surface area contributed by atoms with Gasteiger partial charge in [-0.05, 0) is 40.6 Å². The van der Waals surface area contributed by atoms with E-state index in [0.717, 1.165) is 29.2 Å². The summed E-state index contributed by atoms with van der Waals surface area (Å²) < 4.78 is 0. The van der Waals surface area contributed by atoms with E-state index in [0.29, 0.717) is 11.4 Å². The molecule has 80 valence electrons. The van der Waals surface area contributed by atoms with Crippen molar-refractivity contribution in [1.29, 1.82) is 0 Å². The van der Waals surface area contributed by atoms with Crippen LogP contribution >= 0.6 is 0 Å². The fraction of sp³-hybridized carbons (Fsp3) is 0.231. The highest BCUT2D eigenvalue weighted by Gasteiger charge is 2.30. The van der Waals surface area contributed by atoms with Crippen molar-refractivity contribution < 1.29 is 10.0 Å². The number of fused-ring (bicyclic) bond motifs is 1. The van der Waals surface area contributed by atoms with E-state index in [1.54, 1.807) is 0 Å². The summed E-state index contributed by atoms with van der Waals surface area (Å²) in [5, 5.41) is 21.1. The molecule has 0 unspecified atom stereocenters. The molecule has 2 aromatic carbocycles. The molecule has 0 radical (unpaired) electrons. The van der Waals surface area contributed by atoms with Gasteiger partial charge in [-0.1, -0.05) is 36.4 Å². The lowest BCUT2D eigenvalue weighted by atomic mass is 9.73. The van der Waals surface area contributed by atoms with Crippen LogP contribution < -0.4 is 5.46 Å². The molecule has 0 atom stereocenters. The van der Waals surface area contributed by atoms with Crippen molar-refractivity contribution >= 4 is 23.4 Å². The van der Waals surface area contributed by atoms with E-state index in [2.05, 4.69) is 6.07 Å². The number of hydrogen-bond donors (Lipinski definition) is 2. The summed E-state index contributed by atoms with van der Waals surface area (Å²) in [5.41, 5.74) is 1.80. The van der Waals surface area contributed by atoms with Gasteiger partial charge in [-0.25, -0.2) is 0 Å². The molecule has 2 N–H and O–H groups in total. The quantitative estimate of drug-likeness (QED) is 0.738. The summed E-state index contributed by atoms with van der Waals surface area (Å²) in [4.78, 5) is 0. The molecule has 2 aromatic rings. The van der Waals surface area contributed by atoms with Crippen LogP contribution in [0, 0.1) is 0 Å². The first-order valence-corrected chi connectivity index (χ1v) is 5.65. The van der Waals surface area contributed by atoms with Gasteiger partial charge in [0.1, 0.15) is 0 Å². The summed E-state index contributed by atoms with van der Waals surface area (Å²) >= 11 is 0. The van der Waals surface area contributed by atoms with Gasteiger partial charge in [-0.3, -0.25) is 0 Å². The highest BCUT2D eigenvalue weighted by atomic mass is 16.4. The average molecular weight is 212 g/mol. The topological polar surface area (TPSA) is 40.5 Å². The third-order valence-corrected chi connectivity index (χ3v) is 3.28. The Hall–Kier alpha value is -1.32. The average Bonchev–Trinajstić information content (AvgIpc) is 3.11. The first kappa shape index (κ1) is 9.88. The molecular weight excluding hydrogens is 199 g/mol. The summed E-state index contributed by atoms with van der Waals surface area (Å²) in [5.74, 6) is 0.529. The Labute approximate surface area is 94.7 Å². The molecule has 3 heteroatoms. The van der Waals surface area contributed by atoms with Gasteiger partial charge in [0.15, 0.2) is 0 Å². The molecule has 16 heavy (non-hydrogen) atoms. The summed E-state index contributed by atoms with van der Waals surface area (Å²) in [6, 6.07) is 12.0. The molecule has 0 aliphatic heterocycles. The van der Waals surface area contributed by atoms with Crippen LogP contribution in [0.1, 0.15) is 24.3 Å². The van der Waals surface area contributed by atoms with E-state index in [4.69, 9.17) is 0 Å². The lowest BCUT2D eigenvalue weighted by Gasteiger charge is -2.11. The Bertz CT molecular complexity index is 532. The van der Waals surface area contributed by atoms with E-state index < -0.39 is 7.12 Å². The smallest absolute Gasteiger partial charge is 0.423 e. The lowest BCUT2D eigenvalue weighted by Crippen LogP contribution is -2.33. The SMILES string of the molecule is OB(O)c1c(C2CC2)ccc2ccccc12. The van der Waals surface area contributed by atoms with Gasteiger partial charge in [-0.2, -0.15) is 0 Å². The monoisotopic (exact) mass is 212 g/mol. The Morgan fingerprint density at radius 3 is 2.44 bits per heavy atom. The van der Waals surface area contributed by atoms with Crippen LogP contribution in [0.25, 0.3) is 10.8 Å². The maximum absolute atomic E-state index is 9.53. The van der Waals surface area contributed by atoms with Crippen LogP contribution in [-0.2, 0) is 0 Å². The van der Waals surface area contributed by atoms with Crippen molar-refractivity contribution in [3.63, 3.8) is 0 Å². The number of rotatable bonds is 2. The highest BCUT2D eigenvalue weighted by Crippen LogP contribution is 2.40. The van der Waals surface area contributed by atoms with Gasteiger partial charge in [-0.15, -0.1) is 0 Å². The van der Waals surface area contributed by atoms with E-state index in [1.165, 1.54) is 0 Å². The Kier molecular flexibility index (Phi) is 2.23. The third-order valence-electron chi connectivity index (χ3n) is 3.28. The zero-order valence-corrected chi connectivity index (χ0v) is 8.93. The second-order valence-corrected chi connectivity index (χ2v) is 4.44. The molecule has 0 bridgehead atoms. The number of benzene rings is 2. The Morgan fingerprint density at radius 1 is 1.00 bits per heavy atom. The predicted molar refractivity (Wildman–Crippen MR) is 65.7 cm³/mol. The van der Waals surface area contributed by atoms with Crippen molar-refractivity contribution in [2.45, 2.75) is 18.8 Å². The Morgan fingerprint density at radius 2 is 1.75 bits per heavy atom. The second kappa shape index (κ2) is 3.61. The molecule has 3 rings (SSSR count). The molecule has 0 amide bonds. The van der Waals surface area contributed by atoms with Crippen LogP contribution in [0.2, 0.25) is 0 Å². The summed E-state index contributed by atoms with van der Waals surface area (Å²) in [7, 11) is -1.37. The van der Waals surface area contributed by atoms with E-state index in [9.17, 15) is 10.0 Å². The predicted octanol–water partition coefficient (Wildman–Crippen LogP) is 1.40. The van der Waals surface area contributed by atoms with Crippen LogP contribution in [0.3, 0.4) is 0 Å². The Balaban J connectivity index is 2.30. The minimum atomic E-state index is -1.37. The van der Waals surface area contributed by atoms with Crippen molar-refractivity contribution in [3.05, 3.63) is 42.0 Å². The van der Waals surface area contributed by atoms with Gasteiger partial charge in [0.05, 0.1) is 0 Å². The number of hydrogen-bond acceptors (Lipinski definition) is 2. The van der Waals surface area contributed by atoms with Crippen LogP contribution in [0.15, 0.2) is 36.4 Å². The fourth-order valence-electron chi connectivity index (χ4n) is 2.35. The molecule has 1 saturated carbocycles. The minimum absolute atomic E-state index is 0.529. The van der Waals surface area contributed by atoms with Gasteiger partial charge in [0.2, 0.25) is 0 Å². The first-order chi connectivity index (χ1) is 7.77. The van der Waals surface area contributed by atoms with Crippen molar-refractivity contribution in [1.82, 2.24) is 0 Å². The molecular formula is C13H13BO2. The normalized spacial score (nSPS) is 15.4. The van der Waals surface area contributed by atoms with Crippen molar-refractivity contribution in [2.24, 2.45) is 0 Å². The fourth-order valence-corrected chi connectivity index (χ4v) is 2.35. The molecule has 1 aliphatic rings. The molecule has 2 nitrogen and oxygen atoms in total.